The van der Waals surface area contributed by atoms with Gasteiger partial charge in [-0.1, -0.05) is 55.7 Å². The first kappa shape index (κ1) is 22.0. The molecule has 34 heavy (non-hydrogen) atoms. The number of fused-ring (bicyclic) bond motifs is 1. The summed E-state index contributed by atoms with van der Waals surface area (Å²) in [6.45, 7) is 2.93. The van der Waals surface area contributed by atoms with Gasteiger partial charge in [0.1, 0.15) is 17.8 Å². The quantitative estimate of drug-likeness (QED) is 0.296. The monoisotopic (exact) mass is 471 g/mol. The number of para-hydroxylation sites is 1. The molecule has 0 aliphatic heterocycles. The fraction of sp³-hybridized carbons (Fsp3) is 0.231. The Hall–Kier alpha value is -3.78. The number of hydrogen-bond donors (Lipinski definition) is 0. The first-order valence-electron chi connectivity index (χ1n) is 11.5. The Morgan fingerprint density at radius 1 is 1.03 bits per heavy atom. The Morgan fingerprint density at radius 3 is 2.62 bits per heavy atom. The van der Waals surface area contributed by atoms with Crippen LogP contribution in [0.5, 0.6) is 5.75 Å². The van der Waals surface area contributed by atoms with Gasteiger partial charge in [-0.3, -0.25) is 4.79 Å². The lowest BCUT2D eigenvalue weighted by Crippen LogP contribution is -2.23. The third-order valence-corrected chi connectivity index (χ3v) is 6.54. The van der Waals surface area contributed by atoms with E-state index in [1.807, 2.05) is 71.6 Å². The number of benzene rings is 2. The third kappa shape index (κ3) is 4.63. The maximum absolute atomic E-state index is 12.7. The minimum absolute atomic E-state index is 0.178. The normalized spacial score (nSPS) is 12.0. The lowest BCUT2D eigenvalue weighted by Gasteiger charge is -2.07. The van der Waals surface area contributed by atoms with Gasteiger partial charge in [0.05, 0.1) is 16.8 Å². The molecule has 0 fully saturated rings. The summed E-state index contributed by atoms with van der Waals surface area (Å²) in [6.07, 6.45) is 9.90. The highest BCUT2D eigenvalue weighted by molar-refractivity contribution is 7.15. The van der Waals surface area contributed by atoms with E-state index in [0.717, 1.165) is 41.3 Å². The molecule has 0 aliphatic rings. The van der Waals surface area contributed by atoms with E-state index in [4.69, 9.17) is 9.84 Å². The second-order valence-corrected chi connectivity index (χ2v) is 9.03. The minimum atomic E-state index is -0.178. The average molecular weight is 472 g/mol. The fourth-order valence-corrected chi connectivity index (χ4v) is 4.65. The first-order valence-corrected chi connectivity index (χ1v) is 12.3. The van der Waals surface area contributed by atoms with Gasteiger partial charge < -0.3 is 4.74 Å². The Morgan fingerprint density at radius 2 is 1.85 bits per heavy atom. The average Bonchev–Trinajstić information content (AvgIpc) is 3.58. The van der Waals surface area contributed by atoms with E-state index in [-0.39, 0.29) is 5.56 Å². The zero-order valence-corrected chi connectivity index (χ0v) is 19.7. The van der Waals surface area contributed by atoms with Gasteiger partial charge in [0.2, 0.25) is 4.96 Å². The van der Waals surface area contributed by atoms with Crippen LogP contribution in [0.15, 0.2) is 71.9 Å². The van der Waals surface area contributed by atoms with Gasteiger partial charge in [0, 0.05) is 17.3 Å². The summed E-state index contributed by atoms with van der Waals surface area (Å²) < 4.78 is 9.62. The predicted octanol–water partition coefficient (Wildman–Crippen LogP) is 4.51. The van der Waals surface area contributed by atoms with Crippen LogP contribution in [0.4, 0.5) is 0 Å². The largest absolute Gasteiger partial charge is 0.494 e. The number of hydrogen-bond acceptors (Lipinski definition) is 6. The fourth-order valence-electron chi connectivity index (χ4n) is 3.78. The number of rotatable bonds is 9. The SMILES string of the molecule is CCCCCCOc1ccc(-c2nn(-c3ccccc3)cc2C=c2sc3ncnn3c2=O)cc1. The van der Waals surface area contributed by atoms with Gasteiger partial charge >= 0.3 is 0 Å². The predicted molar refractivity (Wildman–Crippen MR) is 135 cm³/mol. The molecule has 0 bridgehead atoms. The summed E-state index contributed by atoms with van der Waals surface area (Å²) in [5, 5.41) is 8.87. The lowest BCUT2D eigenvalue weighted by molar-refractivity contribution is 0.305. The van der Waals surface area contributed by atoms with Gasteiger partial charge in [-0.05, 0) is 48.9 Å². The molecule has 0 saturated carbocycles. The summed E-state index contributed by atoms with van der Waals surface area (Å²) in [5.74, 6) is 0.848. The second kappa shape index (κ2) is 10.0. The van der Waals surface area contributed by atoms with E-state index in [1.165, 1.54) is 41.4 Å². The van der Waals surface area contributed by atoms with Crippen molar-refractivity contribution in [2.75, 3.05) is 6.61 Å². The molecule has 3 aromatic heterocycles. The summed E-state index contributed by atoms with van der Waals surface area (Å²) in [6, 6.07) is 17.9. The number of thiazole rings is 1. The van der Waals surface area contributed by atoms with Crippen LogP contribution in [0.2, 0.25) is 0 Å². The van der Waals surface area contributed by atoms with Crippen LogP contribution >= 0.6 is 11.3 Å². The molecule has 5 aromatic rings. The molecule has 8 heteroatoms. The Balaban J connectivity index is 1.49. The second-order valence-electron chi connectivity index (χ2n) is 8.02. The molecular formula is C26H25N5O2S. The van der Waals surface area contributed by atoms with Crippen LogP contribution in [0, 0.1) is 0 Å². The summed E-state index contributed by atoms with van der Waals surface area (Å²) in [4.78, 5) is 17.4. The highest BCUT2D eigenvalue weighted by atomic mass is 32.1. The van der Waals surface area contributed by atoms with Crippen molar-refractivity contribution in [2.24, 2.45) is 0 Å². The number of nitrogens with zero attached hydrogens (tertiary/aromatic N) is 5. The Labute approximate surface area is 201 Å². The molecule has 0 unspecified atom stereocenters. The van der Waals surface area contributed by atoms with Crippen molar-refractivity contribution in [3.05, 3.63) is 87.6 Å². The van der Waals surface area contributed by atoms with Crippen molar-refractivity contribution in [3.8, 4) is 22.7 Å². The van der Waals surface area contributed by atoms with E-state index < -0.39 is 0 Å². The van der Waals surface area contributed by atoms with Crippen molar-refractivity contribution in [3.63, 3.8) is 0 Å². The molecule has 5 rings (SSSR count). The van der Waals surface area contributed by atoms with Crippen molar-refractivity contribution in [2.45, 2.75) is 32.6 Å². The smallest absolute Gasteiger partial charge is 0.291 e. The van der Waals surface area contributed by atoms with Gasteiger partial charge in [-0.25, -0.2) is 9.67 Å². The van der Waals surface area contributed by atoms with Crippen LogP contribution in [-0.2, 0) is 0 Å². The van der Waals surface area contributed by atoms with E-state index in [1.54, 1.807) is 0 Å². The zero-order chi connectivity index (χ0) is 23.3. The topological polar surface area (TPSA) is 74.3 Å². The van der Waals surface area contributed by atoms with E-state index >= 15 is 0 Å². The summed E-state index contributed by atoms with van der Waals surface area (Å²) in [7, 11) is 0. The van der Waals surface area contributed by atoms with Crippen molar-refractivity contribution in [1.29, 1.82) is 0 Å². The molecule has 0 spiro atoms. The molecule has 0 amide bonds. The first-order chi connectivity index (χ1) is 16.7. The molecule has 0 N–H and O–H groups in total. The highest BCUT2D eigenvalue weighted by Gasteiger charge is 2.13. The molecule has 2 aromatic carbocycles. The third-order valence-electron chi connectivity index (χ3n) is 5.57. The van der Waals surface area contributed by atoms with E-state index in [9.17, 15) is 4.79 Å². The lowest BCUT2D eigenvalue weighted by atomic mass is 10.1. The summed E-state index contributed by atoms with van der Waals surface area (Å²) in [5.41, 5.74) is 3.35. The van der Waals surface area contributed by atoms with Gasteiger partial charge in [-0.2, -0.15) is 14.7 Å². The Kier molecular flexibility index (Phi) is 6.49. The van der Waals surface area contributed by atoms with Crippen LogP contribution in [-0.4, -0.2) is 31.0 Å². The van der Waals surface area contributed by atoms with E-state index in [2.05, 4.69) is 17.0 Å². The molecule has 7 nitrogen and oxygen atoms in total. The Bertz CT molecular complexity index is 1490. The van der Waals surface area contributed by atoms with Crippen LogP contribution < -0.4 is 14.8 Å². The van der Waals surface area contributed by atoms with Crippen LogP contribution in [0.1, 0.15) is 38.2 Å². The summed E-state index contributed by atoms with van der Waals surface area (Å²) >= 11 is 1.32. The molecule has 3 heterocycles. The number of aromatic nitrogens is 5. The molecular weight excluding hydrogens is 446 g/mol. The molecule has 172 valence electrons. The molecule has 0 aliphatic carbocycles. The van der Waals surface area contributed by atoms with Crippen LogP contribution in [0.25, 0.3) is 28.0 Å². The maximum atomic E-state index is 12.7. The highest BCUT2D eigenvalue weighted by Crippen LogP contribution is 2.26. The van der Waals surface area contributed by atoms with E-state index in [0.29, 0.717) is 9.49 Å². The number of ether oxygens (including phenoxy) is 1. The van der Waals surface area contributed by atoms with Gasteiger partial charge in [0.25, 0.3) is 5.56 Å². The van der Waals surface area contributed by atoms with Crippen LogP contribution in [0.3, 0.4) is 0 Å². The minimum Gasteiger partial charge on any atom is -0.494 e. The maximum Gasteiger partial charge on any atom is 0.291 e. The van der Waals surface area contributed by atoms with Gasteiger partial charge in [0.15, 0.2) is 0 Å². The zero-order valence-electron chi connectivity index (χ0n) is 18.9. The van der Waals surface area contributed by atoms with Crippen molar-refractivity contribution in [1.82, 2.24) is 24.4 Å². The van der Waals surface area contributed by atoms with Crippen molar-refractivity contribution < 1.29 is 4.74 Å². The van der Waals surface area contributed by atoms with Gasteiger partial charge in [-0.15, -0.1) is 0 Å². The molecule has 0 saturated heterocycles. The van der Waals surface area contributed by atoms with Crippen molar-refractivity contribution >= 4 is 22.4 Å². The molecule has 0 atom stereocenters. The molecule has 0 radical (unpaired) electrons. The standard InChI is InChI=1S/C26H25N5O2S/c1-2-3-4-8-15-33-22-13-11-19(12-14-22)24-20(17-30(29-24)21-9-6-5-7-10-21)16-23-25(32)31-26(34-23)27-18-28-31/h5-7,9-14,16-18H,2-4,8,15H2,1H3. The number of unbranched alkanes of at least 4 members (excludes halogenated alkanes) is 3.